The summed E-state index contributed by atoms with van der Waals surface area (Å²) in [5, 5.41) is 7.62. The molecule has 1 heterocycles. The van der Waals surface area contributed by atoms with E-state index >= 15 is 0 Å². The van der Waals surface area contributed by atoms with Crippen LogP contribution in [0.1, 0.15) is 0 Å². The fourth-order valence-corrected chi connectivity index (χ4v) is 7.85. The van der Waals surface area contributed by atoms with E-state index < -0.39 is 0 Å². The van der Waals surface area contributed by atoms with Crippen molar-refractivity contribution in [3.8, 4) is 27.9 Å². The summed E-state index contributed by atoms with van der Waals surface area (Å²) in [5.41, 5.74) is 11.9. The molecule has 2 heteroatoms. The van der Waals surface area contributed by atoms with Crippen LogP contribution in [-0.4, -0.2) is 4.57 Å². The van der Waals surface area contributed by atoms with E-state index in [-0.39, 0.29) is 0 Å². The molecule has 0 amide bonds. The molecular weight excluding hydrogens is 605 g/mol. The van der Waals surface area contributed by atoms with Gasteiger partial charge in [0.25, 0.3) is 0 Å². The van der Waals surface area contributed by atoms with Crippen LogP contribution in [0.2, 0.25) is 0 Å². The van der Waals surface area contributed by atoms with E-state index in [1.165, 1.54) is 77.0 Å². The summed E-state index contributed by atoms with van der Waals surface area (Å²) in [6, 6.07) is 70.3. The summed E-state index contributed by atoms with van der Waals surface area (Å²) in [6.07, 6.45) is 0. The first-order chi connectivity index (χ1) is 24.8. The van der Waals surface area contributed by atoms with Gasteiger partial charge in [-0.25, -0.2) is 0 Å². The van der Waals surface area contributed by atoms with Crippen LogP contribution < -0.4 is 4.90 Å². The fourth-order valence-electron chi connectivity index (χ4n) is 7.85. The van der Waals surface area contributed by atoms with Crippen molar-refractivity contribution < 1.29 is 0 Å². The van der Waals surface area contributed by atoms with Gasteiger partial charge < -0.3 is 9.47 Å². The van der Waals surface area contributed by atoms with Gasteiger partial charge in [0.1, 0.15) is 0 Å². The Morgan fingerprint density at radius 3 is 1.78 bits per heavy atom. The minimum atomic E-state index is 1.12. The Balaban J connectivity index is 1.10. The molecular formula is C48H32N2. The van der Waals surface area contributed by atoms with Crippen molar-refractivity contribution >= 4 is 60.4 Å². The van der Waals surface area contributed by atoms with Crippen LogP contribution in [0.25, 0.3) is 71.3 Å². The predicted molar refractivity (Wildman–Crippen MR) is 213 cm³/mol. The summed E-state index contributed by atoms with van der Waals surface area (Å²) in [6.45, 7) is 0. The van der Waals surface area contributed by atoms with E-state index in [1.807, 2.05) is 0 Å². The Kier molecular flexibility index (Phi) is 6.53. The average Bonchev–Trinajstić information content (AvgIpc) is 3.54. The number of nitrogens with zero attached hydrogens (tertiary/aromatic N) is 2. The molecule has 2 nitrogen and oxygen atoms in total. The topological polar surface area (TPSA) is 8.17 Å². The highest BCUT2D eigenvalue weighted by molar-refractivity contribution is 6.26. The van der Waals surface area contributed by atoms with Crippen LogP contribution in [0.3, 0.4) is 0 Å². The van der Waals surface area contributed by atoms with Gasteiger partial charge in [-0.1, -0.05) is 140 Å². The fraction of sp³-hybridized carbons (Fsp3) is 0. The number of para-hydroxylation sites is 1. The second kappa shape index (κ2) is 11.5. The van der Waals surface area contributed by atoms with Gasteiger partial charge in [-0.2, -0.15) is 0 Å². The molecule has 0 saturated heterocycles. The number of hydrogen-bond acceptors (Lipinski definition) is 1. The van der Waals surface area contributed by atoms with Crippen LogP contribution in [-0.2, 0) is 0 Å². The largest absolute Gasteiger partial charge is 0.310 e. The van der Waals surface area contributed by atoms with E-state index in [2.05, 4.69) is 204 Å². The second-order valence-electron chi connectivity index (χ2n) is 13.0. The summed E-state index contributed by atoms with van der Waals surface area (Å²) in [5.74, 6) is 0. The average molecular weight is 637 g/mol. The Morgan fingerprint density at radius 2 is 0.960 bits per heavy atom. The summed E-state index contributed by atoms with van der Waals surface area (Å²) >= 11 is 0. The monoisotopic (exact) mass is 636 g/mol. The Hall–Kier alpha value is -6.64. The lowest BCUT2D eigenvalue weighted by atomic mass is 9.94. The SMILES string of the molecule is c1ccc(-c2ccc(-n3c4cccc5ccc6c(-c7ccc(N(c8ccccc8)c8cccc9ccccc89)cc7)ccc3c6c54)cc2)cc1. The minimum Gasteiger partial charge on any atom is -0.310 e. The molecule has 0 N–H and O–H groups in total. The zero-order valence-electron chi connectivity index (χ0n) is 27.4. The molecule has 50 heavy (non-hydrogen) atoms. The van der Waals surface area contributed by atoms with Gasteiger partial charge in [0.2, 0.25) is 0 Å². The van der Waals surface area contributed by atoms with E-state index in [9.17, 15) is 0 Å². The van der Waals surface area contributed by atoms with Crippen molar-refractivity contribution in [2.45, 2.75) is 0 Å². The Morgan fingerprint density at radius 1 is 0.340 bits per heavy atom. The first-order valence-electron chi connectivity index (χ1n) is 17.2. The van der Waals surface area contributed by atoms with Crippen LogP contribution in [0.15, 0.2) is 194 Å². The maximum absolute atomic E-state index is 2.42. The first-order valence-corrected chi connectivity index (χ1v) is 17.2. The van der Waals surface area contributed by atoms with Crippen molar-refractivity contribution in [3.63, 3.8) is 0 Å². The molecule has 1 aromatic heterocycles. The zero-order chi connectivity index (χ0) is 33.0. The van der Waals surface area contributed by atoms with Crippen molar-refractivity contribution in [1.82, 2.24) is 4.57 Å². The molecule has 0 fully saturated rings. The third kappa shape index (κ3) is 4.50. The van der Waals surface area contributed by atoms with Gasteiger partial charge in [-0.05, 0) is 93.0 Å². The van der Waals surface area contributed by atoms with E-state index in [1.54, 1.807) is 0 Å². The molecule has 0 bridgehead atoms. The molecule has 0 aliphatic rings. The highest BCUT2D eigenvalue weighted by Crippen LogP contribution is 2.44. The number of rotatable bonds is 6. The molecule has 0 aliphatic heterocycles. The van der Waals surface area contributed by atoms with Crippen molar-refractivity contribution in [1.29, 1.82) is 0 Å². The number of hydrogen-bond donors (Lipinski definition) is 0. The summed E-state index contributed by atoms with van der Waals surface area (Å²) in [4.78, 5) is 2.36. The van der Waals surface area contributed by atoms with E-state index in [0.717, 1.165) is 11.4 Å². The highest BCUT2D eigenvalue weighted by atomic mass is 15.1. The molecule has 0 saturated carbocycles. The molecule has 10 aromatic rings. The first kappa shape index (κ1) is 28.4. The molecule has 0 unspecified atom stereocenters. The Bertz CT molecular complexity index is 2770. The van der Waals surface area contributed by atoms with E-state index in [4.69, 9.17) is 0 Å². The third-order valence-electron chi connectivity index (χ3n) is 10.2. The van der Waals surface area contributed by atoms with Crippen molar-refractivity contribution in [2.75, 3.05) is 4.90 Å². The lowest BCUT2D eigenvalue weighted by Crippen LogP contribution is -2.10. The number of anilines is 3. The van der Waals surface area contributed by atoms with Crippen LogP contribution in [0.5, 0.6) is 0 Å². The van der Waals surface area contributed by atoms with Gasteiger partial charge in [-0.3, -0.25) is 0 Å². The van der Waals surface area contributed by atoms with Crippen LogP contribution >= 0.6 is 0 Å². The number of aromatic nitrogens is 1. The molecule has 0 radical (unpaired) electrons. The lowest BCUT2D eigenvalue weighted by molar-refractivity contribution is 1.18. The van der Waals surface area contributed by atoms with Crippen LogP contribution in [0.4, 0.5) is 17.1 Å². The number of fused-ring (bicyclic) bond motifs is 1. The normalized spacial score (nSPS) is 11.6. The maximum Gasteiger partial charge on any atom is 0.0547 e. The lowest BCUT2D eigenvalue weighted by Gasteiger charge is -2.27. The molecule has 0 atom stereocenters. The number of benzene rings is 9. The summed E-state index contributed by atoms with van der Waals surface area (Å²) < 4.78 is 2.42. The molecule has 9 aromatic carbocycles. The van der Waals surface area contributed by atoms with Gasteiger partial charge in [0, 0.05) is 33.2 Å². The molecule has 10 rings (SSSR count). The van der Waals surface area contributed by atoms with Crippen LogP contribution in [0, 0.1) is 0 Å². The second-order valence-corrected chi connectivity index (χ2v) is 13.0. The predicted octanol–water partition coefficient (Wildman–Crippen LogP) is 13.3. The van der Waals surface area contributed by atoms with Gasteiger partial charge >= 0.3 is 0 Å². The standard InChI is InChI=1S/C48H32N2/c1-3-11-33(12-4-1)34-21-26-40(27-22-34)50-45-20-10-15-37-25-30-43-41(31-32-46(50)48(43)47(37)45)36-23-28-39(29-24-36)49(38-16-5-2-6-17-38)44-19-9-14-35-13-7-8-18-42(35)44/h1-32H. The minimum absolute atomic E-state index is 1.12. The highest BCUT2D eigenvalue weighted by Gasteiger charge is 2.20. The summed E-state index contributed by atoms with van der Waals surface area (Å²) in [7, 11) is 0. The van der Waals surface area contributed by atoms with Gasteiger partial charge in [0.15, 0.2) is 0 Å². The molecule has 0 aliphatic carbocycles. The van der Waals surface area contributed by atoms with Crippen molar-refractivity contribution in [2.24, 2.45) is 0 Å². The molecule has 234 valence electrons. The zero-order valence-corrected chi connectivity index (χ0v) is 27.4. The smallest absolute Gasteiger partial charge is 0.0547 e. The quantitative estimate of drug-likeness (QED) is 0.165. The van der Waals surface area contributed by atoms with Crippen molar-refractivity contribution in [3.05, 3.63) is 194 Å². The third-order valence-corrected chi connectivity index (χ3v) is 10.2. The van der Waals surface area contributed by atoms with E-state index in [0.29, 0.717) is 0 Å². The van der Waals surface area contributed by atoms with Gasteiger partial charge in [0.05, 0.1) is 16.7 Å². The molecule has 0 spiro atoms. The Labute approximate surface area is 291 Å². The van der Waals surface area contributed by atoms with Gasteiger partial charge in [-0.15, -0.1) is 0 Å². The maximum atomic E-state index is 2.42.